The zero-order valence-electron chi connectivity index (χ0n) is 4.26. The van der Waals surface area contributed by atoms with Crippen molar-refractivity contribution in [3.8, 4) is 0 Å². The van der Waals surface area contributed by atoms with Gasteiger partial charge in [0, 0.05) is 5.38 Å². The molecule has 0 spiro atoms. The van der Waals surface area contributed by atoms with Crippen LogP contribution in [-0.4, -0.2) is 10.5 Å². The van der Waals surface area contributed by atoms with Gasteiger partial charge >= 0.3 is 0 Å². The molecule has 1 unspecified atom stereocenters. The first-order valence-electron chi connectivity index (χ1n) is 2.20. The normalized spacial score (nSPS) is 15.1. The van der Waals surface area contributed by atoms with Gasteiger partial charge in [0.25, 0.3) is 0 Å². The SMILES string of the molecule is CC(Cl)CC=CO. The molecule has 2 heteroatoms. The highest BCUT2D eigenvalue weighted by atomic mass is 35.5. The van der Waals surface area contributed by atoms with Crippen molar-refractivity contribution in [3.63, 3.8) is 0 Å². The number of allylic oxidation sites excluding steroid dienone is 1. The lowest BCUT2D eigenvalue weighted by atomic mass is 10.3. The molecule has 1 atom stereocenters. The molecule has 1 N–H and O–H groups in total. The summed E-state index contributed by atoms with van der Waals surface area (Å²) in [6.07, 6.45) is 3.37. The molecule has 7 heavy (non-hydrogen) atoms. The van der Waals surface area contributed by atoms with E-state index in [0.717, 1.165) is 12.7 Å². The van der Waals surface area contributed by atoms with Crippen molar-refractivity contribution in [2.45, 2.75) is 18.7 Å². The molecule has 0 amide bonds. The fraction of sp³-hybridized carbons (Fsp3) is 0.600. The Morgan fingerprint density at radius 1 is 1.86 bits per heavy atom. The Hall–Kier alpha value is -0.170. The monoisotopic (exact) mass is 120 g/mol. The number of hydrogen-bond donors (Lipinski definition) is 1. The zero-order chi connectivity index (χ0) is 5.70. The predicted octanol–water partition coefficient (Wildman–Crippen LogP) is 2.08. The maximum Gasteiger partial charge on any atom is 0.0752 e. The van der Waals surface area contributed by atoms with Crippen molar-refractivity contribution < 1.29 is 5.11 Å². The summed E-state index contributed by atoms with van der Waals surface area (Å²) in [4.78, 5) is 0. The van der Waals surface area contributed by atoms with Crippen molar-refractivity contribution in [2.75, 3.05) is 0 Å². The molecule has 0 aliphatic heterocycles. The largest absolute Gasteiger partial charge is 0.516 e. The second-order valence-electron chi connectivity index (χ2n) is 1.40. The van der Waals surface area contributed by atoms with E-state index in [2.05, 4.69) is 0 Å². The van der Waals surface area contributed by atoms with Gasteiger partial charge in [-0.25, -0.2) is 0 Å². The molecule has 0 aromatic rings. The minimum atomic E-state index is 0.128. The van der Waals surface area contributed by atoms with Crippen LogP contribution in [0.3, 0.4) is 0 Å². The number of hydrogen-bond acceptors (Lipinski definition) is 1. The van der Waals surface area contributed by atoms with Gasteiger partial charge in [0.2, 0.25) is 0 Å². The Labute approximate surface area is 48.6 Å². The van der Waals surface area contributed by atoms with Crippen molar-refractivity contribution in [1.29, 1.82) is 0 Å². The first-order chi connectivity index (χ1) is 3.27. The van der Waals surface area contributed by atoms with Gasteiger partial charge in [-0.2, -0.15) is 0 Å². The van der Waals surface area contributed by atoms with E-state index >= 15 is 0 Å². The van der Waals surface area contributed by atoms with Gasteiger partial charge in [-0.05, 0) is 19.4 Å². The van der Waals surface area contributed by atoms with E-state index in [1.807, 2.05) is 6.92 Å². The molecular formula is C5H9ClO. The summed E-state index contributed by atoms with van der Waals surface area (Å²) < 4.78 is 0. The highest BCUT2D eigenvalue weighted by Gasteiger charge is 1.87. The average Bonchev–Trinajstić information content (AvgIpc) is 1.61. The molecule has 0 heterocycles. The minimum Gasteiger partial charge on any atom is -0.516 e. The first-order valence-corrected chi connectivity index (χ1v) is 2.64. The fourth-order valence-corrected chi connectivity index (χ4v) is 0.351. The minimum absolute atomic E-state index is 0.128. The summed E-state index contributed by atoms with van der Waals surface area (Å²) in [6.45, 7) is 1.88. The molecule has 0 bridgehead atoms. The van der Waals surface area contributed by atoms with E-state index in [1.54, 1.807) is 6.08 Å². The lowest BCUT2D eigenvalue weighted by Gasteiger charge is -1.90. The molecule has 1 nitrogen and oxygen atoms in total. The van der Waals surface area contributed by atoms with Crippen molar-refractivity contribution in [2.24, 2.45) is 0 Å². The average molecular weight is 121 g/mol. The number of alkyl halides is 1. The van der Waals surface area contributed by atoms with Crippen LogP contribution in [0.15, 0.2) is 12.3 Å². The summed E-state index contributed by atoms with van der Waals surface area (Å²) in [6, 6.07) is 0. The van der Waals surface area contributed by atoms with Crippen LogP contribution >= 0.6 is 11.6 Å². The number of rotatable bonds is 2. The van der Waals surface area contributed by atoms with Crippen molar-refractivity contribution >= 4 is 11.6 Å². The molecule has 0 saturated heterocycles. The van der Waals surface area contributed by atoms with Gasteiger partial charge in [-0.1, -0.05) is 0 Å². The van der Waals surface area contributed by atoms with Crippen molar-refractivity contribution in [1.82, 2.24) is 0 Å². The molecule has 0 aliphatic carbocycles. The lowest BCUT2D eigenvalue weighted by molar-refractivity contribution is 0.470. The fourth-order valence-electron chi connectivity index (χ4n) is 0.248. The van der Waals surface area contributed by atoms with Crippen LogP contribution < -0.4 is 0 Å². The van der Waals surface area contributed by atoms with E-state index < -0.39 is 0 Å². The summed E-state index contributed by atoms with van der Waals surface area (Å²) in [5.41, 5.74) is 0. The smallest absolute Gasteiger partial charge is 0.0752 e. The third-order valence-corrected chi connectivity index (χ3v) is 0.744. The molecule has 0 aromatic carbocycles. The Morgan fingerprint density at radius 2 is 2.43 bits per heavy atom. The van der Waals surface area contributed by atoms with Crippen LogP contribution in [0.1, 0.15) is 13.3 Å². The van der Waals surface area contributed by atoms with Crippen LogP contribution in [0, 0.1) is 0 Å². The van der Waals surface area contributed by atoms with Crippen LogP contribution in [0.4, 0.5) is 0 Å². The Morgan fingerprint density at radius 3 is 2.57 bits per heavy atom. The molecule has 0 fully saturated rings. The highest BCUT2D eigenvalue weighted by molar-refractivity contribution is 6.20. The Bertz CT molecular complexity index is 59.1. The molecule has 0 aromatic heterocycles. The third-order valence-electron chi connectivity index (χ3n) is 0.566. The van der Waals surface area contributed by atoms with E-state index in [0.29, 0.717) is 0 Å². The summed E-state index contributed by atoms with van der Waals surface area (Å²) in [5.74, 6) is 0. The first kappa shape index (κ1) is 6.83. The molecule has 0 saturated carbocycles. The van der Waals surface area contributed by atoms with Crippen LogP contribution in [0.2, 0.25) is 0 Å². The zero-order valence-corrected chi connectivity index (χ0v) is 5.02. The van der Waals surface area contributed by atoms with Gasteiger partial charge in [0.1, 0.15) is 0 Å². The summed E-state index contributed by atoms with van der Waals surface area (Å²) >= 11 is 5.49. The maximum atomic E-state index is 8.08. The van der Waals surface area contributed by atoms with E-state index in [9.17, 15) is 0 Å². The second kappa shape index (κ2) is 4.00. The standard InChI is InChI=1S/C5H9ClO/c1-5(6)3-2-4-7/h2,4-5,7H,3H2,1H3. The lowest BCUT2D eigenvalue weighted by Crippen LogP contribution is -1.84. The van der Waals surface area contributed by atoms with E-state index in [4.69, 9.17) is 16.7 Å². The molecular weight excluding hydrogens is 112 g/mol. The van der Waals surface area contributed by atoms with Gasteiger partial charge in [0.05, 0.1) is 6.26 Å². The molecule has 0 radical (unpaired) electrons. The third kappa shape index (κ3) is 5.83. The second-order valence-corrected chi connectivity index (χ2v) is 2.15. The quantitative estimate of drug-likeness (QED) is 0.437. The van der Waals surface area contributed by atoms with E-state index in [1.165, 1.54) is 0 Å². The number of halogens is 1. The maximum absolute atomic E-state index is 8.08. The number of aliphatic hydroxyl groups is 1. The highest BCUT2D eigenvalue weighted by Crippen LogP contribution is 1.98. The number of aliphatic hydroxyl groups excluding tert-OH is 1. The van der Waals surface area contributed by atoms with Crippen LogP contribution in [0.5, 0.6) is 0 Å². The Kier molecular flexibility index (Phi) is 3.90. The molecule has 0 aliphatic rings. The van der Waals surface area contributed by atoms with Gasteiger partial charge in [-0.3, -0.25) is 0 Å². The Balaban J connectivity index is 2.97. The van der Waals surface area contributed by atoms with Gasteiger partial charge in [-0.15, -0.1) is 11.6 Å². The van der Waals surface area contributed by atoms with Crippen molar-refractivity contribution in [3.05, 3.63) is 12.3 Å². The van der Waals surface area contributed by atoms with Crippen LogP contribution in [0.25, 0.3) is 0 Å². The summed E-state index contributed by atoms with van der Waals surface area (Å²) in [5, 5.41) is 8.20. The predicted molar refractivity (Wildman–Crippen MR) is 31.7 cm³/mol. The van der Waals surface area contributed by atoms with Crippen LogP contribution in [-0.2, 0) is 0 Å². The van der Waals surface area contributed by atoms with Gasteiger partial charge in [0.15, 0.2) is 0 Å². The molecule has 0 rings (SSSR count). The molecule has 42 valence electrons. The summed E-state index contributed by atoms with van der Waals surface area (Å²) in [7, 11) is 0. The van der Waals surface area contributed by atoms with Gasteiger partial charge < -0.3 is 5.11 Å². The van der Waals surface area contributed by atoms with E-state index in [-0.39, 0.29) is 5.38 Å². The topological polar surface area (TPSA) is 20.2 Å².